The number of hydrogen-bond acceptors (Lipinski definition) is 4. The summed E-state index contributed by atoms with van der Waals surface area (Å²) in [4.78, 5) is 29.7. The summed E-state index contributed by atoms with van der Waals surface area (Å²) in [5.41, 5.74) is 1.73. The van der Waals surface area contributed by atoms with Gasteiger partial charge >= 0.3 is 0 Å². The summed E-state index contributed by atoms with van der Waals surface area (Å²) < 4.78 is 15.4. The third-order valence-corrected chi connectivity index (χ3v) is 4.87. The lowest BCUT2D eigenvalue weighted by Gasteiger charge is -2.05. The average molecular weight is 353 g/mol. The number of amides is 1. The van der Waals surface area contributed by atoms with E-state index in [4.69, 9.17) is 0 Å². The number of carbonyl (C=O) groups excluding carboxylic acids is 1. The van der Waals surface area contributed by atoms with Crippen molar-refractivity contribution in [2.24, 2.45) is 0 Å². The van der Waals surface area contributed by atoms with Crippen molar-refractivity contribution in [2.75, 3.05) is 5.32 Å². The van der Waals surface area contributed by atoms with Gasteiger partial charge in [0.15, 0.2) is 4.96 Å². The van der Waals surface area contributed by atoms with Crippen LogP contribution in [0.25, 0.3) is 15.2 Å². The Morgan fingerprint density at radius 2 is 1.96 bits per heavy atom. The van der Waals surface area contributed by atoms with E-state index in [0.29, 0.717) is 20.7 Å². The smallest absolute Gasteiger partial charge is 0.282 e. The second-order valence-corrected chi connectivity index (χ2v) is 6.64. The lowest BCUT2D eigenvalue weighted by atomic mass is 10.1. The molecule has 0 aliphatic carbocycles. The van der Waals surface area contributed by atoms with E-state index >= 15 is 0 Å². The molecule has 4 rings (SSSR count). The number of aromatic nitrogens is 2. The Kier molecular flexibility index (Phi) is 3.58. The Labute approximate surface area is 145 Å². The van der Waals surface area contributed by atoms with Crippen molar-refractivity contribution in [3.05, 3.63) is 76.0 Å². The van der Waals surface area contributed by atoms with Crippen LogP contribution in [0.3, 0.4) is 0 Å². The number of anilines is 1. The van der Waals surface area contributed by atoms with Gasteiger partial charge in [-0.25, -0.2) is 13.8 Å². The first-order valence-corrected chi connectivity index (χ1v) is 8.32. The predicted molar refractivity (Wildman–Crippen MR) is 95.9 cm³/mol. The van der Waals surface area contributed by atoms with Crippen molar-refractivity contribution in [3.8, 4) is 0 Å². The topological polar surface area (TPSA) is 63.5 Å². The molecule has 5 nitrogen and oxygen atoms in total. The van der Waals surface area contributed by atoms with Crippen LogP contribution in [0.5, 0.6) is 0 Å². The zero-order valence-corrected chi connectivity index (χ0v) is 13.9. The quantitative estimate of drug-likeness (QED) is 0.599. The minimum absolute atomic E-state index is 0.0760. The minimum Gasteiger partial charge on any atom is -0.316 e. The largest absolute Gasteiger partial charge is 0.316 e. The van der Waals surface area contributed by atoms with E-state index < -0.39 is 5.56 Å². The summed E-state index contributed by atoms with van der Waals surface area (Å²) in [6.45, 7) is 1.93. The molecule has 0 saturated carbocycles. The van der Waals surface area contributed by atoms with Crippen molar-refractivity contribution in [1.82, 2.24) is 9.38 Å². The summed E-state index contributed by atoms with van der Waals surface area (Å²) in [6, 6.07) is 11.2. The molecule has 0 spiro atoms. The number of aryl methyl sites for hydroxylation is 1. The van der Waals surface area contributed by atoms with Gasteiger partial charge in [-0.15, -0.1) is 0 Å². The van der Waals surface area contributed by atoms with Crippen LogP contribution in [0, 0.1) is 12.7 Å². The van der Waals surface area contributed by atoms with Crippen molar-refractivity contribution < 1.29 is 9.18 Å². The zero-order chi connectivity index (χ0) is 17.6. The fourth-order valence-corrected chi connectivity index (χ4v) is 3.57. The standard InChI is InChI=1S/C18H12FN3O2S/c1-10-2-4-11(5-3-10)16(23)21-13-9-20-18-22(17(13)24)14-7-6-12(19)8-15(14)25-18/h2-9H,1H3,(H,21,23). The fourth-order valence-electron chi connectivity index (χ4n) is 2.56. The van der Waals surface area contributed by atoms with Crippen LogP contribution in [0.4, 0.5) is 10.1 Å². The molecule has 0 bridgehead atoms. The zero-order valence-electron chi connectivity index (χ0n) is 13.1. The van der Waals surface area contributed by atoms with Crippen molar-refractivity contribution in [1.29, 1.82) is 0 Å². The highest BCUT2D eigenvalue weighted by atomic mass is 32.1. The van der Waals surface area contributed by atoms with Gasteiger partial charge in [0.05, 0.1) is 16.4 Å². The molecule has 2 heterocycles. The van der Waals surface area contributed by atoms with Gasteiger partial charge in [0.2, 0.25) is 0 Å². The average Bonchev–Trinajstić information content (AvgIpc) is 2.96. The molecule has 7 heteroatoms. The van der Waals surface area contributed by atoms with E-state index in [2.05, 4.69) is 10.3 Å². The van der Waals surface area contributed by atoms with E-state index in [1.807, 2.05) is 19.1 Å². The molecular formula is C18H12FN3O2S. The summed E-state index contributed by atoms with van der Waals surface area (Å²) >= 11 is 1.21. The van der Waals surface area contributed by atoms with Crippen LogP contribution in [0.15, 0.2) is 53.5 Å². The molecule has 2 aromatic heterocycles. The van der Waals surface area contributed by atoms with Gasteiger partial charge in [0.1, 0.15) is 11.5 Å². The first kappa shape index (κ1) is 15.5. The Hall–Kier alpha value is -3.06. The third kappa shape index (κ3) is 2.68. The molecule has 0 aliphatic heterocycles. The van der Waals surface area contributed by atoms with Crippen LogP contribution in [0.1, 0.15) is 15.9 Å². The van der Waals surface area contributed by atoms with Gasteiger partial charge in [-0.05, 0) is 37.3 Å². The maximum atomic E-state index is 13.4. The molecule has 4 aromatic rings. The Balaban J connectivity index is 1.79. The number of fused-ring (bicyclic) bond motifs is 3. The highest BCUT2D eigenvalue weighted by Crippen LogP contribution is 2.25. The monoisotopic (exact) mass is 353 g/mol. The molecular weight excluding hydrogens is 341 g/mol. The SMILES string of the molecule is Cc1ccc(C(=O)Nc2cnc3sc4cc(F)ccc4n3c2=O)cc1. The number of thiazole rings is 1. The molecule has 0 unspecified atom stereocenters. The van der Waals surface area contributed by atoms with E-state index in [1.54, 1.807) is 12.1 Å². The van der Waals surface area contributed by atoms with Crippen LogP contribution < -0.4 is 10.9 Å². The number of nitrogens with zero attached hydrogens (tertiary/aromatic N) is 2. The molecule has 124 valence electrons. The van der Waals surface area contributed by atoms with Crippen molar-refractivity contribution >= 4 is 38.1 Å². The number of rotatable bonds is 2. The van der Waals surface area contributed by atoms with Gasteiger partial charge < -0.3 is 5.32 Å². The second-order valence-electron chi connectivity index (χ2n) is 5.63. The molecule has 1 amide bonds. The van der Waals surface area contributed by atoms with Crippen LogP contribution in [-0.2, 0) is 0 Å². The molecule has 0 saturated heterocycles. The van der Waals surface area contributed by atoms with Gasteiger partial charge in [0, 0.05) is 5.56 Å². The molecule has 0 aliphatic rings. The van der Waals surface area contributed by atoms with E-state index in [9.17, 15) is 14.0 Å². The van der Waals surface area contributed by atoms with Crippen molar-refractivity contribution in [2.45, 2.75) is 6.92 Å². The summed E-state index contributed by atoms with van der Waals surface area (Å²) in [6.07, 6.45) is 1.33. The Morgan fingerprint density at radius 1 is 1.20 bits per heavy atom. The summed E-state index contributed by atoms with van der Waals surface area (Å²) in [5, 5.41) is 2.60. The molecule has 0 atom stereocenters. The number of benzene rings is 2. The molecule has 25 heavy (non-hydrogen) atoms. The number of hydrogen-bond donors (Lipinski definition) is 1. The summed E-state index contributed by atoms with van der Waals surface area (Å²) in [5.74, 6) is -0.760. The number of nitrogens with one attached hydrogen (secondary N) is 1. The van der Waals surface area contributed by atoms with E-state index in [-0.39, 0.29) is 17.4 Å². The summed E-state index contributed by atoms with van der Waals surface area (Å²) in [7, 11) is 0. The lowest BCUT2D eigenvalue weighted by molar-refractivity contribution is 0.102. The van der Waals surface area contributed by atoms with Gasteiger partial charge in [-0.3, -0.25) is 9.59 Å². The molecule has 0 fully saturated rings. The molecule has 0 radical (unpaired) electrons. The Morgan fingerprint density at radius 3 is 2.72 bits per heavy atom. The van der Waals surface area contributed by atoms with Crippen LogP contribution in [0.2, 0.25) is 0 Å². The van der Waals surface area contributed by atoms with Crippen LogP contribution >= 0.6 is 11.3 Å². The van der Waals surface area contributed by atoms with Gasteiger partial charge in [-0.2, -0.15) is 0 Å². The lowest BCUT2D eigenvalue weighted by Crippen LogP contribution is -2.22. The van der Waals surface area contributed by atoms with Crippen LogP contribution in [-0.4, -0.2) is 15.3 Å². The maximum absolute atomic E-state index is 13.4. The minimum atomic E-state index is -0.400. The van der Waals surface area contributed by atoms with E-state index in [0.717, 1.165) is 5.56 Å². The fraction of sp³-hybridized carbons (Fsp3) is 0.0556. The molecule has 2 aromatic carbocycles. The maximum Gasteiger partial charge on any atom is 0.282 e. The van der Waals surface area contributed by atoms with Crippen molar-refractivity contribution in [3.63, 3.8) is 0 Å². The van der Waals surface area contributed by atoms with E-state index in [1.165, 1.54) is 40.1 Å². The third-order valence-electron chi connectivity index (χ3n) is 3.85. The molecule has 1 N–H and O–H groups in total. The Bertz CT molecular complexity index is 1180. The first-order valence-electron chi connectivity index (χ1n) is 7.51. The first-order chi connectivity index (χ1) is 12.0. The number of halogens is 1. The van der Waals surface area contributed by atoms with Gasteiger partial charge in [0.25, 0.3) is 11.5 Å². The van der Waals surface area contributed by atoms with Gasteiger partial charge in [-0.1, -0.05) is 29.0 Å². The predicted octanol–water partition coefficient (Wildman–Crippen LogP) is 3.61. The number of carbonyl (C=O) groups is 1. The second kappa shape index (κ2) is 5.78. The highest BCUT2D eigenvalue weighted by Gasteiger charge is 2.14. The normalized spacial score (nSPS) is 11.1. The highest BCUT2D eigenvalue weighted by molar-refractivity contribution is 7.23.